The molecule has 0 amide bonds. The van der Waals surface area contributed by atoms with E-state index in [9.17, 15) is 4.79 Å². The van der Waals surface area contributed by atoms with Gasteiger partial charge >= 0.3 is 0 Å². The summed E-state index contributed by atoms with van der Waals surface area (Å²) in [6, 6.07) is 4.73. The van der Waals surface area contributed by atoms with Crippen molar-refractivity contribution in [3.8, 4) is 5.75 Å². The molecule has 1 aromatic carbocycles. The second kappa shape index (κ2) is 5.32. The lowest BCUT2D eigenvalue weighted by Gasteiger charge is -1.96. The number of rotatable bonds is 1. The molecule has 1 aromatic rings. The van der Waals surface area contributed by atoms with Gasteiger partial charge in [0.2, 0.25) is 0 Å². The Hall–Kier alpha value is -1.35. The van der Waals surface area contributed by atoms with E-state index in [1.807, 2.05) is 0 Å². The number of aliphatic hydroxyl groups excluding tert-OH is 1. The molecule has 0 saturated heterocycles. The SMILES string of the molecule is CO.Cc1cc(C=O)ccc1O. The Morgan fingerprint density at radius 3 is 2.33 bits per heavy atom. The van der Waals surface area contributed by atoms with E-state index < -0.39 is 0 Å². The van der Waals surface area contributed by atoms with Gasteiger partial charge in [0.15, 0.2) is 0 Å². The summed E-state index contributed by atoms with van der Waals surface area (Å²) in [7, 11) is 1.00. The van der Waals surface area contributed by atoms with Gasteiger partial charge in [-0.3, -0.25) is 4.79 Å². The maximum absolute atomic E-state index is 10.2. The minimum atomic E-state index is 0.227. The highest BCUT2D eigenvalue weighted by atomic mass is 16.3. The summed E-state index contributed by atoms with van der Waals surface area (Å²) in [5, 5.41) is 16.0. The molecule has 0 aliphatic carbocycles. The first-order chi connectivity index (χ1) is 5.74. The number of aryl methyl sites for hydroxylation is 1. The molecule has 0 bridgehead atoms. The van der Waals surface area contributed by atoms with Crippen LogP contribution in [0.1, 0.15) is 15.9 Å². The summed E-state index contributed by atoms with van der Waals surface area (Å²) in [5.41, 5.74) is 1.32. The third-order valence-corrected chi connectivity index (χ3v) is 1.36. The number of carbonyl (C=O) groups excluding carboxylic acids is 1. The molecule has 0 saturated carbocycles. The number of hydrogen-bond donors (Lipinski definition) is 2. The van der Waals surface area contributed by atoms with Crippen molar-refractivity contribution in [1.82, 2.24) is 0 Å². The van der Waals surface area contributed by atoms with E-state index in [4.69, 9.17) is 10.2 Å². The molecule has 0 heterocycles. The minimum absolute atomic E-state index is 0.227. The first kappa shape index (κ1) is 10.7. The van der Waals surface area contributed by atoms with E-state index in [0.29, 0.717) is 5.56 Å². The quantitative estimate of drug-likeness (QED) is 0.618. The molecule has 0 atom stereocenters. The van der Waals surface area contributed by atoms with Gasteiger partial charge in [-0.25, -0.2) is 0 Å². The molecular formula is C9H12O3. The minimum Gasteiger partial charge on any atom is -0.508 e. The van der Waals surface area contributed by atoms with Gasteiger partial charge in [0.25, 0.3) is 0 Å². The molecule has 3 nitrogen and oxygen atoms in total. The second-order valence-corrected chi connectivity index (χ2v) is 2.16. The van der Waals surface area contributed by atoms with Crippen LogP contribution in [-0.4, -0.2) is 23.6 Å². The summed E-state index contributed by atoms with van der Waals surface area (Å²) >= 11 is 0. The number of phenols is 1. The van der Waals surface area contributed by atoms with E-state index in [2.05, 4.69) is 0 Å². The Labute approximate surface area is 71.3 Å². The zero-order chi connectivity index (χ0) is 9.56. The number of hydrogen-bond acceptors (Lipinski definition) is 3. The molecule has 0 aliphatic heterocycles. The summed E-state index contributed by atoms with van der Waals surface area (Å²) < 4.78 is 0. The first-order valence-electron chi connectivity index (χ1n) is 3.43. The van der Waals surface area contributed by atoms with E-state index in [1.54, 1.807) is 19.1 Å². The van der Waals surface area contributed by atoms with Crippen LogP contribution in [0.25, 0.3) is 0 Å². The standard InChI is InChI=1S/C8H8O2.CH4O/c1-6-4-7(5-9)2-3-8(6)10;1-2/h2-5,10H,1H3;2H,1H3. The van der Waals surface area contributed by atoms with Crippen molar-refractivity contribution in [2.75, 3.05) is 7.11 Å². The maximum atomic E-state index is 10.2. The topological polar surface area (TPSA) is 57.5 Å². The van der Waals surface area contributed by atoms with Gasteiger partial charge in [0, 0.05) is 12.7 Å². The highest BCUT2D eigenvalue weighted by molar-refractivity contribution is 5.75. The predicted octanol–water partition coefficient (Wildman–Crippen LogP) is 1.12. The number of benzene rings is 1. The largest absolute Gasteiger partial charge is 0.508 e. The number of carbonyl (C=O) groups is 1. The molecule has 12 heavy (non-hydrogen) atoms. The van der Waals surface area contributed by atoms with Crippen molar-refractivity contribution in [3.05, 3.63) is 29.3 Å². The van der Waals surface area contributed by atoms with E-state index in [1.165, 1.54) is 6.07 Å². The van der Waals surface area contributed by atoms with Crippen LogP contribution in [0, 0.1) is 6.92 Å². The lowest BCUT2D eigenvalue weighted by molar-refractivity contribution is 0.112. The van der Waals surface area contributed by atoms with Gasteiger partial charge in [-0.1, -0.05) is 0 Å². The fourth-order valence-electron chi connectivity index (χ4n) is 0.752. The molecule has 0 aliphatic rings. The zero-order valence-electron chi connectivity index (χ0n) is 7.11. The molecule has 0 unspecified atom stereocenters. The van der Waals surface area contributed by atoms with Gasteiger partial charge in [0.1, 0.15) is 12.0 Å². The summed E-state index contributed by atoms with van der Waals surface area (Å²) in [5.74, 6) is 0.227. The van der Waals surface area contributed by atoms with Crippen molar-refractivity contribution in [1.29, 1.82) is 0 Å². The van der Waals surface area contributed by atoms with Crippen LogP contribution in [-0.2, 0) is 0 Å². The lowest BCUT2D eigenvalue weighted by Crippen LogP contribution is -1.80. The van der Waals surface area contributed by atoms with Crippen LogP contribution in [0.3, 0.4) is 0 Å². The van der Waals surface area contributed by atoms with Gasteiger partial charge in [-0.2, -0.15) is 0 Å². The van der Waals surface area contributed by atoms with Crippen molar-refractivity contribution in [2.45, 2.75) is 6.92 Å². The van der Waals surface area contributed by atoms with Crippen LogP contribution >= 0.6 is 0 Å². The Balaban J connectivity index is 0.000000561. The first-order valence-corrected chi connectivity index (χ1v) is 3.43. The maximum Gasteiger partial charge on any atom is 0.150 e. The third kappa shape index (κ3) is 2.72. The van der Waals surface area contributed by atoms with Crippen LogP contribution in [0.15, 0.2) is 18.2 Å². The normalized spacial score (nSPS) is 8.25. The fraction of sp³-hybridized carbons (Fsp3) is 0.222. The van der Waals surface area contributed by atoms with E-state index in [-0.39, 0.29) is 5.75 Å². The Morgan fingerprint density at radius 2 is 1.92 bits per heavy atom. The van der Waals surface area contributed by atoms with Crippen LogP contribution in [0.2, 0.25) is 0 Å². The molecule has 0 spiro atoms. The highest BCUT2D eigenvalue weighted by Crippen LogP contribution is 2.15. The third-order valence-electron chi connectivity index (χ3n) is 1.36. The summed E-state index contributed by atoms with van der Waals surface area (Å²) in [4.78, 5) is 10.2. The van der Waals surface area contributed by atoms with Crippen molar-refractivity contribution in [2.24, 2.45) is 0 Å². The van der Waals surface area contributed by atoms with E-state index >= 15 is 0 Å². The van der Waals surface area contributed by atoms with Crippen molar-refractivity contribution < 1.29 is 15.0 Å². The summed E-state index contributed by atoms with van der Waals surface area (Å²) in [6.07, 6.45) is 0.756. The van der Waals surface area contributed by atoms with Gasteiger partial charge in [-0.05, 0) is 30.7 Å². The number of aldehydes is 1. The van der Waals surface area contributed by atoms with Gasteiger partial charge in [0.05, 0.1) is 0 Å². The van der Waals surface area contributed by atoms with Crippen LogP contribution in [0.4, 0.5) is 0 Å². The number of aliphatic hydroxyl groups is 1. The molecule has 2 N–H and O–H groups in total. The Morgan fingerprint density at radius 1 is 1.33 bits per heavy atom. The monoisotopic (exact) mass is 168 g/mol. The molecule has 0 aromatic heterocycles. The van der Waals surface area contributed by atoms with Crippen LogP contribution in [0.5, 0.6) is 5.75 Å². The summed E-state index contributed by atoms with van der Waals surface area (Å²) in [6.45, 7) is 1.75. The average molecular weight is 168 g/mol. The molecular weight excluding hydrogens is 156 g/mol. The predicted molar refractivity (Wildman–Crippen MR) is 46.4 cm³/mol. The van der Waals surface area contributed by atoms with Crippen molar-refractivity contribution in [3.63, 3.8) is 0 Å². The smallest absolute Gasteiger partial charge is 0.150 e. The zero-order valence-corrected chi connectivity index (χ0v) is 7.11. The number of phenolic OH excluding ortho intramolecular Hbond substituents is 1. The van der Waals surface area contributed by atoms with Crippen LogP contribution < -0.4 is 0 Å². The lowest BCUT2D eigenvalue weighted by atomic mass is 10.1. The highest BCUT2D eigenvalue weighted by Gasteiger charge is 1.94. The van der Waals surface area contributed by atoms with E-state index in [0.717, 1.165) is 19.0 Å². The molecule has 1 rings (SSSR count). The Kier molecular flexibility index (Phi) is 4.72. The molecule has 3 heteroatoms. The van der Waals surface area contributed by atoms with Crippen molar-refractivity contribution >= 4 is 6.29 Å². The molecule has 0 fully saturated rings. The number of aromatic hydroxyl groups is 1. The van der Waals surface area contributed by atoms with Gasteiger partial charge in [-0.15, -0.1) is 0 Å². The molecule has 0 radical (unpaired) electrons. The fourth-order valence-corrected chi connectivity index (χ4v) is 0.752. The van der Waals surface area contributed by atoms with Gasteiger partial charge < -0.3 is 10.2 Å². The second-order valence-electron chi connectivity index (χ2n) is 2.16. The molecule has 66 valence electrons. The Bertz CT molecular complexity index is 256. The average Bonchev–Trinajstić information content (AvgIpc) is 2.13.